The van der Waals surface area contributed by atoms with Crippen LogP contribution in [0.1, 0.15) is 21.6 Å². The fourth-order valence-electron chi connectivity index (χ4n) is 2.19. The number of amides is 1. The summed E-state index contributed by atoms with van der Waals surface area (Å²) < 4.78 is 18.9. The van der Waals surface area contributed by atoms with Crippen LogP contribution in [0.2, 0.25) is 0 Å². The quantitative estimate of drug-likeness (QED) is 0.314. The molecule has 1 aromatic carbocycles. The van der Waals surface area contributed by atoms with Gasteiger partial charge in [-0.2, -0.15) is 0 Å². The minimum Gasteiger partial charge on any atom is -0.411 e. The Hall–Kier alpha value is -2.66. The lowest BCUT2D eigenvalue weighted by Crippen LogP contribution is -2.16. The minimum atomic E-state index is -0.498. The van der Waals surface area contributed by atoms with E-state index in [-0.39, 0.29) is 33.7 Å². The number of benzene rings is 1. The number of aromatic nitrogens is 3. The zero-order valence-corrected chi connectivity index (χ0v) is 16.5. The molecule has 0 unspecified atom stereocenters. The van der Waals surface area contributed by atoms with Crippen molar-refractivity contribution in [3.8, 4) is 0 Å². The summed E-state index contributed by atoms with van der Waals surface area (Å²) in [5.41, 5.74) is 1.06. The first-order valence-electron chi connectivity index (χ1n) is 7.37. The van der Waals surface area contributed by atoms with Gasteiger partial charge in [-0.1, -0.05) is 11.2 Å². The van der Waals surface area contributed by atoms with Crippen molar-refractivity contribution in [1.29, 1.82) is 0 Å². The summed E-state index contributed by atoms with van der Waals surface area (Å²) in [5.74, 6) is -0.934. The van der Waals surface area contributed by atoms with Crippen molar-refractivity contribution in [2.24, 2.45) is 5.16 Å². The number of hydrogen-bond acceptors (Lipinski definition) is 7. The van der Waals surface area contributed by atoms with Crippen LogP contribution < -0.4 is 5.32 Å². The highest BCUT2D eigenvalue weighted by Crippen LogP contribution is 2.20. The van der Waals surface area contributed by atoms with Gasteiger partial charge in [0.25, 0.3) is 5.91 Å². The van der Waals surface area contributed by atoms with Crippen molar-refractivity contribution >= 4 is 49.3 Å². The lowest BCUT2D eigenvalue weighted by atomic mass is 10.1. The zero-order chi connectivity index (χ0) is 19.4. The molecular weight excluding hydrogens is 489 g/mol. The van der Waals surface area contributed by atoms with Crippen LogP contribution in [-0.2, 0) is 6.42 Å². The molecule has 11 heteroatoms. The normalized spacial score (nSPS) is 11.4. The minimum absolute atomic E-state index is 0.0195. The Kier molecular flexibility index (Phi) is 5.91. The second-order valence-corrected chi connectivity index (χ2v) is 7.05. The Balaban J connectivity index is 1.82. The van der Waals surface area contributed by atoms with E-state index in [0.29, 0.717) is 10.0 Å². The van der Waals surface area contributed by atoms with E-state index in [4.69, 9.17) is 0 Å². The van der Waals surface area contributed by atoms with E-state index in [1.165, 1.54) is 24.5 Å². The van der Waals surface area contributed by atoms with E-state index < -0.39 is 11.7 Å². The van der Waals surface area contributed by atoms with Gasteiger partial charge in [-0.05, 0) is 65.9 Å². The van der Waals surface area contributed by atoms with Gasteiger partial charge in [0.2, 0.25) is 5.82 Å². The third-order valence-corrected chi connectivity index (χ3v) is 4.48. The molecule has 2 heterocycles. The van der Waals surface area contributed by atoms with Crippen molar-refractivity contribution < 1.29 is 19.0 Å². The highest BCUT2D eigenvalue weighted by Gasteiger charge is 2.20. The first kappa shape index (κ1) is 19.1. The summed E-state index contributed by atoms with van der Waals surface area (Å²) in [6, 6.07) is 5.93. The highest BCUT2D eigenvalue weighted by molar-refractivity contribution is 9.10. The van der Waals surface area contributed by atoms with Gasteiger partial charge in [-0.3, -0.25) is 9.78 Å². The molecule has 0 saturated carbocycles. The van der Waals surface area contributed by atoms with E-state index in [2.05, 4.69) is 62.3 Å². The summed E-state index contributed by atoms with van der Waals surface area (Å²) in [5, 5.41) is 22.4. The number of halogens is 3. The fourth-order valence-corrected chi connectivity index (χ4v) is 2.98. The first-order chi connectivity index (χ1) is 13.0. The van der Waals surface area contributed by atoms with E-state index in [0.717, 1.165) is 0 Å². The SMILES string of the molecule is O=C(Nc1nonc1/C(Cc1ccc(F)c(Br)c1)=N/O)c1cncc(Br)c1. The summed E-state index contributed by atoms with van der Waals surface area (Å²) in [6.07, 6.45) is 3.02. The predicted molar refractivity (Wildman–Crippen MR) is 100 cm³/mol. The zero-order valence-electron chi connectivity index (χ0n) is 13.4. The van der Waals surface area contributed by atoms with E-state index in [9.17, 15) is 14.4 Å². The van der Waals surface area contributed by atoms with Crippen LogP contribution in [0.3, 0.4) is 0 Å². The van der Waals surface area contributed by atoms with E-state index in [1.807, 2.05) is 0 Å². The number of rotatable bonds is 5. The molecule has 0 fully saturated rings. The van der Waals surface area contributed by atoms with Crippen molar-refractivity contribution in [2.45, 2.75) is 6.42 Å². The van der Waals surface area contributed by atoms with E-state index >= 15 is 0 Å². The maximum Gasteiger partial charge on any atom is 0.258 e. The molecule has 3 rings (SSSR count). The number of carbonyl (C=O) groups excluding carboxylic acids is 1. The van der Waals surface area contributed by atoms with Crippen LogP contribution in [0.4, 0.5) is 10.2 Å². The lowest BCUT2D eigenvalue weighted by Gasteiger charge is -2.06. The van der Waals surface area contributed by atoms with Crippen molar-refractivity contribution in [2.75, 3.05) is 5.32 Å². The Morgan fingerprint density at radius 1 is 1.26 bits per heavy atom. The smallest absolute Gasteiger partial charge is 0.258 e. The standard InChI is InChI=1S/C16H10Br2FN5O3/c17-10-5-9(6-20-7-10)16(25)21-15-14(23-27-24-15)13(22-26)4-8-1-2-12(19)11(18)3-8/h1-3,5-7,26H,4H2,(H,21,24,25)/b22-13+. The molecule has 0 radical (unpaired) electrons. The Labute approximate surface area is 168 Å². The summed E-state index contributed by atoms with van der Waals surface area (Å²) in [6.45, 7) is 0. The molecule has 0 atom stereocenters. The number of hydrogen-bond donors (Lipinski definition) is 2. The van der Waals surface area contributed by atoms with Crippen LogP contribution in [0.25, 0.3) is 0 Å². The van der Waals surface area contributed by atoms with Crippen LogP contribution in [-0.4, -0.2) is 32.1 Å². The van der Waals surface area contributed by atoms with Gasteiger partial charge in [-0.25, -0.2) is 9.02 Å². The van der Waals surface area contributed by atoms with Gasteiger partial charge in [0.05, 0.1) is 10.0 Å². The largest absolute Gasteiger partial charge is 0.411 e. The molecule has 8 nitrogen and oxygen atoms in total. The number of pyridine rings is 1. The molecule has 0 aliphatic heterocycles. The number of nitrogens with zero attached hydrogens (tertiary/aromatic N) is 4. The Bertz CT molecular complexity index is 1020. The molecular formula is C16H10Br2FN5O3. The topological polar surface area (TPSA) is 114 Å². The Morgan fingerprint density at radius 3 is 2.78 bits per heavy atom. The second kappa shape index (κ2) is 8.35. The molecule has 3 aromatic rings. The lowest BCUT2D eigenvalue weighted by molar-refractivity contribution is 0.102. The monoisotopic (exact) mass is 497 g/mol. The third kappa shape index (κ3) is 4.55. The van der Waals surface area contributed by atoms with Gasteiger partial charge in [0, 0.05) is 23.3 Å². The number of carbonyl (C=O) groups is 1. The average molecular weight is 499 g/mol. The summed E-state index contributed by atoms with van der Waals surface area (Å²) in [7, 11) is 0. The molecule has 0 bridgehead atoms. The fraction of sp³-hybridized carbons (Fsp3) is 0.0625. The average Bonchev–Trinajstić information content (AvgIpc) is 3.10. The van der Waals surface area contributed by atoms with Crippen molar-refractivity contribution in [1.82, 2.24) is 15.3 Å². The van der Waals surface area contributed by atoms with Gasteiger partial charge in [0.15, 0.2) is 5.69 Å². The highest BCUT2D eigenvalue weighted by atomic mass is 79.9. The van der Waals surface area contributed by atoms with Crippen LogP contribution in [0.5, 0.6) is 0 Å². The number of oxime groups is 1. The van der Waals surface area contributed by atoms with Crippen LogP contribution in [0.15, 0.2) is 55.4 Å². The maximum absolute atomic E-state index is 13.4. The number of nitrogens with one attached hydrogen (secondary N) is 1. The third-order valence-electron chi connectivity index (χ3n) is 3.44. The van der Waals surface area contributed by atoms with Gasteiger partial charge in [-0.15, -0.1) is 0 Å². The number of anilines is 1. The first-order valence-corrected chi connectivity index (χ1v) is 8.96. The van der Waals surface area contributed by atoms with Gasteiger partial charge >= 0.3 is 0 Å². The Morgan fingerprint density at radius 2 is 2.07 bits per heavy atom. The molecule has 2 aromatic heterocycles. The van der Waals surface area contributed by atoms with Crippen LogP contribution >= 0.6 is 31.9 Å². The summed E-state index contributed by atoms with van der Waals surface area (Å²) >= 11 is 6.33. The van der Waals surface area contributed by atoms with Crippen molar-refractivity contribution in [3.05, 3.63) is 68.2 Å². The predicted octanol–water partition coefficient (Wildman–Crippen LogP) is 3.80. The molecule has 2 N–H and O–H groups in total. The van der Waals surface area contributed by atoms with Crippen LogP contribution in [0, 0.1) is 5.82 Å². The molecule has 0 aliphatic carbocycles. The van der Waals surface area contributed by atoms with Gasteiger partial charge in [0.1, 0.15) is 11.5 Å². The molecule has 0 saturated heterocycles. The molecule has 1 amide bonds. The molecule has 0 aliphatic rings. The van der Waals surface area contributed by atoms with E-state index in [1.54, 1.807) is 12.1 Å². The van der Waals surface area contributed by atoms with Crippen molar-refractivity contribution in [3.63, 3.8) is 0 Å². The van der Waals surface area contributed by atoms with Gasteiger partial charge < -0.3 is 10.5 Å². The molecule has 27 heavy (non-hydrogen) atoms. The molecule has 0 spiro atoms. The summed E-state index contributed by atoms with van der Waals surface area (Å²) in [4.78, 5) is 16.2. The maximum atomic E-state index is 13.4. The second-order valence-electron chi connectivity index (χ2n) is 5.28. The molecule has 138 valence electrons.